The molecule has 0 aliphatic carbocycles. The Kier molecular flexibility index (Phi) is 5.39. The van der Waals surface area contributed by atoms with Crippen LogP contribution in [-0.4, -0.2) is 31.9 Å². The summed E-state index contributed by atoms with van der Waals surface area (Å²) in [5.41, 5.74) is 0.524. The molecule has 0 aromatic heterocycles. The molecule has 1 aliphatic rings. The van der Waals surface area contributed by atoms with Crippen molar-refractivity contribution >= 4 is 33.5 Å². The largest absolute Gasteiger partial charge is 0.482 e. The Morgan fingerprint density at radius 1 is 1.08 bits per heavy atom. The number of carbonyl (C=O) groups excluding carboxylic acids is 2. The highest BCUT2D eigenvalue weighted by Crippen LogP contribution is 2.34. The number of carbonyl (C=O) groups is 2. The monoisotopic (exact) mass is 407 g/mol. The highest BCUT2D eigenvalue weighted by Gasteiger charge is 2.15. The topological polar surface area (TPSA) is 83.1 Å². The van der Waals surface area contributed by atoms with Gasteiger partial charge in [-0.25, -0.2) is 4.79 Å². The van der Waals surface area contributed by atoms with E-state index in [1.165, 1.54) is 0 Å². The maximum absolute atomic E-state index is 11.8. The van der Waals surface area contributed by atoms with E-state index in [0.29, 0.717) is 22.9 Å². The summed E-state index contributed by atoms with van der Waals surface area (Å²) in [6.45, 7) is -0.536. The number of halogens is 1. The number of hydrogen-bond acceptors (Lipinski definition) is 6. The van der Waals surface area contributed by atoms with Gasteiger partial charge in [0, 0.05) is 16.2 Å². The molecule has 0 saturated carbocycles. The summed E-state index contributed by atoms with van der Waals surface area (Å²) >= 11 is 3.30. The van der Waals surface area contributed by atoms with Gasteiger partial charge in [0.25, 0.3) is 5.91 Å². The van der Waals surface area contributed by atoms with E-state index >= 15 is 0 Å². The van der Waals surface area contributed by atoms with Gasteiger partial charge in [-0.2, -0.15) is 0 Å². The second kappa shape index (κ2) is 7.89. The van der Waals surface area contributed by atoms with Crippen LogP contribution >= 0.6 is 15.9 Å². The van der Waals surface area contributed by atoms with E-state index in [1.807, 2.05) is 6.07 Å². The Labute approximate surface area is 152 Å². The molecule has 7 nitrogen and oxygen atoms in total. The summed E-state index contributed by atoms with van der Waals surface area (Å²) < 4.78 is 21.4. The average molecular weight is 408 g/mol. The number of fused-ring (bicyclic) bond motifs is 1. The number of ether oxygens (including phenoxy) is 4. The molecule has 0 unspecified atom stereocenters. The first-order chi connectivity index (χ1) is 12.1. The minimum Gasteiger partial charge on any atom is -0.482 e. The minimum absolute atomic E-state index is 0.155. The van der Waals surface area contributed by atoms with Gasteiger partial charge in [0.1, 0.15) is 5.75 Å². The summed E-state index contributed by atoms with van der Waals surface area (Å²) in [5, 5.41) is 2.61. The van der Waals surface area contributed by atoms with E-state index in [0.717, 1.165) is 4.47 Å². The second-order valence-corrected chi connectivity index (χ2v) is 5.94. The molecule has 2 aromatic rings. The highest BCUT2D eigenvalue weighted by molar-refractivity contribution is 9.10. The van der Waals surface area contributed by atoms with E-state index in [4.69, 9.17) is 18.9 Å². The van der Waals surface area contributed by atoms with Crippen LogP contribution in [0, 0.1) is 0 Å². The fourth-order valence-electron chi connectivity index (χ4n) is 2.06. The van der Waals surface area contributed by atoms with Crippen LogP contribution in [0.5, 0.6) is 17.2 Å². The molecule has 0 spiro atoms. The fraction of sp³-hybridized carbons (Fsp3) is 0.176. The van der Waals surface area contributed by atoms with Crippen LogP contribution in [0.25, 0.3) is 0 Å². The van der Waals surface area contributed by atoms with Crippen LogP contribution in [-0.2, 0) is 14.3 Å². The van der Waals surface area contributed by atoms with Gasteiger partial charge < -0.3 is 24.3 Å². The Morgan fingerprint density at radius 3 is 2.76 bits per heavy atom. The number of amides is 1. The standard InChI is InChI=1S/C17H14BrNO6/c18-11-2-1-3-13(6-11)22-9-17(21)23-8-16(20)19-12-4-5-14-15(7-12)25-10-24-14/h1-7H,8-10H2,(H,19,20). The lowest BCUT2D eigenvalue weighted by atomic mass is 10.3. The third-order valence-electron chi connectivity index (χ3n) is 3.17. The maximum Gasteiger partial charge on any atom is 0.344 e. The van der Waals surface area contributed by atoms with Gasteiger partial charge >= 0.3 is 5.97 Å². The average Bonchev–Trinajstić information content (AvgIpc) is 3.06. The lowest BCUT2D eigenvalue weighted by Gasteiger charge is -2.08. The smallest absolute Gasteiger partial charge is 0.344 e. The van der Waals surface area contributed by atoms with Gasteiger partial charge in [0.15, 0.2) is 24.7 Å². The molecule has 8 heteroatoms. The van der Waals surface area contributed by atoms with Crippen molar-refractivity contribution in [2.24, 2.45) is 0 Å². The third kappa shape index (κ3) is 4.87. The SMILES string of the molecule is O=C(COC(=O)COc1cccc(Br)c1)Nc1ccc2c(c1)OCO2. The number of rotatable bonds is 6. The van der Waals surface area contributed by atoms with Crippen LogP contribution in [0.1, 0.15) is 0 Å². The van der Waals surface area contributed by atoms with E-state index in [2.05, 4.69) is 21.2 Å². The zero-order valence-corrected chi connectivity index (χ0v) is 14.6. The Bertz CT molecular complexity index is 794. The van der Waals surface area contributed by atoms with Crippen molar-refractivity contribution in [3.63, 3.8) is 0 Å². The van der Waals surface area contributed by atoms with Gasteiger partial charge in [0.2, 0.25) is 6.79 Å². The molecular formula is C17H14BrNO6. The van der Waals surface area contributed by atoms with E-state index in [9.17, 15) is 9.59 Å². The molecule has 1 amide bonds. The molecular weight excluding hydrogens is 394 g/mol. The van der Waals surface area contributed by atoms with Crippen LogP contribution in [0.3, 0.4) is 0 Å². The van der Waals surface area contributed by atoms with Gasteiger partial charge in [-0.15, -0.1) is 0 Å². The van der Waals surface area contributed by atoms with Crippen LogP contribution < -0.4 is 19.5 Å². The first-order valence-electron chi connectivity index (χ1n) is 7.33. The normalized spacial score (nSPS) is 11.7. The van der Waals surface area contributed by atoms with Crippen LogP contribution in [0.15, 0.2) is 46.9 Å². The number of anilines is 1. The number of hydrogen-bond donors (Lipinski definition) is 1. The number of benzene rings is 2. The summed E-state index contributed by atoms with van der Waals surface area (Å²) in [6.07, 6.45) is 0. The molecule has 25 heavy (non-hydrogen) atoms. The van der Waals surface area contributed by atoms with Crippen molar-refractivity contribution < 1.29 is 28.5 Å². The molecule has 0 bridgehead atoms. The van der Waals surface area contributed by atoms with E-state index < -0.39 is 18.5 Å². The first kappa shape index (κ1) is 17.1. The van der Waals surface area contributed by atoms with Crippen molar-refractivity contribution in [2.75, 3.05) is 25.3 Å². The lowest BCUT2D eigenvalue weighted by molar-refractivity contribution is -0.149. The number of nitrogens with one attached hydrogen (secondary N) is 1. The van der Waals surface area contributed by atoms with Crippen molar-refractivity contribution in [3.05, 3.63) is 46.9 Å². The van der Waals surface area contributed by atoms with Gasteiger partial charge in [-0.3, -0.25) is 4.79 Å². The third-order valence-corrected chi connectivity index (χ3v) is 3.67. The molecule has 0 fully saturated rings. The molecule has 1 N–H and O–H groups in total. The van der Waals surface area contributed by atoms with E-state index in [-0.39, 0.29) is 13.4 Å². The van der Waals surface area contributed by atoms with Gasteiger partial charge in [-0.05, 0) is 30.3 Å². The first-order valence-corrected chi connectivity index (χ1v) is 8.13. The molecule has 3 rings (SSSR count). The maximum atomic E-state index is 11.8. The lowest BCUT2D eigenvalue weighted by Crippen LogP contribution is -2.23. The Balaban J connectivity index is 1.42. The van der Waals surface area contributed by atoms with E-state index in [1.54, 1.807) is 36.4 Å². The zero-order valence-electron chi connectivity index (χ0n) is 13.0. The predicted octanol–water partition coefficient (Wildman–Crippen LogP) is 2.74. The Morgan fingerprint density at radius 2 is 1.92 bits per heavy atom. The van der Waals surface area contributed by atoms with Crippen molar-refractivity contribution in [2.45, 2.75) is 0 Å². The zero-order chi connectivity index (χ0) is 17.6. The van der Waals surface area contributed by atoms with Crippen molar-refractivity contribution in [1.29, 1.82) is 0 Å². The molecule has 1 heterocycles. The van der Waals surface area contributed by atoms with Crippen molar-refractivity contribution in [1.82, 2.24) is 0 Å². The van der Waals surface area contributed by atoms with Gasteiger partial charge in [0.05, 0.1) is 0 Å². The fourth-order valence-corrected chi connectivity index (χ4v) is 2.44. The summed E-state index contributed by atoms with van der Waals surface area (Å²) in [7, 11) is 0. The molecule has 0 radical (unpaired) electrons. The Hall–Kier alpha value is -2.74. The van der Waals surface area contributed by atoms with Crippen molar-refractivity contribution in [3.8, 4) is 17.2 Å². The second-order valence-electron chi connectivity index (χ2n) is 5.02. The minimum atomic E-state index is -0.638. The van der Waals surface area contributed by atoms with Crippen LogP contribution in [0.4, 0.5) is 5.69 Å². The summed E-state index contributed by atoms with van der Waals surface area (Å²) in [4.78, 5) is 23.5. The summed E-state index contributed by atoms with van der Waals surface area (Å²) in [6, 6.07) is 12.1. The molecule has 2 aromatic carbocycles. The highest BCUT2D eigenvalue weighted by atomic mass is 79.9. The van der Waals surface area contributed by atoms with Gasteiger partial charge in [-0.1, -0.05) is 22.0 Å². The molecule has 130 valence electrons. The molecule has 0 atom stereocenters. The molecule has 0 saturated heterocycles. The molecule has 1 aliphatic heterocycles. The van der Waals surface area contributed by atoms with Crippen LogP contribution in [0.2, 0.25) is 0 Å². The number of esters is 1. The predicted molar refractivity (Wildman–Crippen MR) is 91.8 cm³/mol. The summed E-state index contributed by atoms with van der Waals surface area (Å²) in [5.74, 6) is 0.595. The quantitative estimate of drug-likeness (QED) is 0.741.